The van der Waals surface area contributed by atoms with Crippen LogP contribution in [0.15, 0.2) is 30.5 Å². The maximum Gasteiger partial charge on any atom is 0.170 e. The Morgan fingerprint density at radius 2 is 2.24 bits per heavy atom. The van der Waals surface area contributed by atoms with Crippen molar-refractivity contribution in [1.82, 2.24) is 15.1 Å². The third-order valence-electron chi connectivity index (χ3n) is 2.80. The summed E-state index contributed by atoms with van der Waals surface area (Å²) in [5.41, 5.74) is 1.66. The lowest BCUT2D eigenvalue weighted by atomic mass is 10.3. The molecular weight excluding hydrogens is 311 g/mol. The van der Waals surface area contributed by atoms with Gasteiger partial charge in [0, 0.05) is 25.0 Å². The number of rotatable bonds is 5. The van der Waals surface area contributed by atoms with Gasteiger partial charge < -0.3 is 10.6 Å². The quantitative estimate of drug-likeness (QED) is 0.653. The van der Waals surface area contributed by atoms with Gasteiger partial charge in [0.1, 0.15) is 5.82 Å². The second-order valence-corrected chi connectivity index (χ2v) is 5.40. The van der Waals surface area contributed by atoms with Gasteiger partial charge in [-0.2, -0.15) is 5.10 Å². The SMILES string of the molecule is Cc1ccn(CCCNC(=S)Nc2ccc(F)c(Cl)c2)n1. The van der Waals surface area contributed by atoms with E-state index in [0.717, 1.165) is 25.2 Å². The van der Waals surface area contributed by atoms with E-state index < -0.39 is 5.82 Å². The molecule has 0 amide bonds. The maximum atomic E-state index is 13.0. The van der Waals surface area contributed by atoms with Crippen LogP contribution in [0, 0.1) is 12.7 Å². The van der Waals surface area contributed by atoms with Crippen LogP contribution in [-0.2, 0) is 6.54 Å². The molecule has 7 heteroatoms. The van der Waals surface area contributed by atoms with Gasteiger partial charge in [-0.3, -0.25) is 4.68 Å². The van der Waals surface area contributed by atoms with Crippen LogP contribution in [0.25, 0.3) is 0 Å². The Hall–Kier alpha value is -1.66. The van der Waals surface area contributed by atoms with Crippen LogP contribution in [0.3, 0.4) is 0 Å². The molecule has 21 heavy (non-hydrogen) atoms. The Balaban J connectivity index is 1.71. The molecule has 4 nitrogen and oxygen atoms in total. The molecule has 0 saturated heterocycles. The van der Waals surface area contributed by atoms with E-state index in [1.54, 1.807) is 6.07 Å². The van der Waals surface area contributed by atoms with Gasteiger partial charge in [0.15, 0.2) is 5.11 Å². The molecule has 0 atom stereocenters. The van der Waals surface area contributed by atoms with E-state index in [-0.39, 0.29) is 5.02 Å². The molecule has 0 saturated carbocycles. The Morgan fingerprint density at radius 3 is 2.90 bits per heavy atom. The lowest BCUT2D eigenvalue weighted by Crippen LogP contribution is -2.29. The second kappa shape index (κ2) is 7.38. The van der Waals surface area contributed by atoms with Crippen LogP contribution in [0.1, 0.15) is 12.1 Å². The third kappa shape index (κ3) is 4.99. The molecule has 0 aliphatic rings. The Bertz CT molecular complexity index is 629. The minimum Gasteiger partial charge on any atom is -0.362 e. The Kier molecular flexibility index (Phi) is 5.52. The number of aromatic nitrogens is 2. The molecule has 2 rings (SSSR count). The van der Waals surface area contributed by atoms with Crippen molar-refractivity contribution in [3.05, 3.63) is 47.0 Å². The first-order valence-corrected chi connectivity index (χ1v) is 7.33. The largest absolute Gasteiger partial charge is 0.362 e. The summed E-state index contributed by atoms with van der Waals surface area (Å²) in [6, 6.07) is 6.35. The summed E-state index contributed by atoms with van der Waals surface area (Å²) in [5, 5.41) is 10.9. The minimum atomic E-state index is -0.449. The standard InChI is InChI=1S/C14H16ClFN4S/c1-10-5-8-20(19-10)7-2-6-17-14(21)18-11-3-4-13(16)12(15)9-11/h3-5,8-9H,2,6-7H2,1H3,(H2,17,18,21). The van der Waals surface area contributed by atoms with Gasteiger partial charge in [-0.1, -0.05) is 11.6 Å². The summed E-state index contributed by atoms with van der Waals surface area (Å²) >= 11 is 10.9. The first-order valence-electron chi connectivity index (χ1n) is 6.54. The first-order chi connectivity index (χ1) is 10.0. The Labute approximate surface area is 133 Å². The second-order valence-electron chi connectivity index (χ2n) is 4.58. The smallest absolute Gasteiger partial charge is 0.170 e. The van der Waals surface area contributed by atoms with E-state index in [0.29, 0.717) is 10.8 Å². The molecule has 0 unspecified atom stereocenters. The number of anilines is 1. The number of nitrogens with zero attached hydrogens (tertiary/aromatic N) is 2. The van der Waals surface area contributed by atoms with Crippen molar-refractivity contribution in [2.45, 2.75) is 19.9 Å². The molecule has 1 heterocycles. The summed E-state index contributed by atoms with van der Waals surface area (Å²) in [7, 11) is 0. The Morgan fingerprint density at radius 1 is 1.43 bits per heavy atom. The van der Waals surface area contributed by atoms with Gasteiger partial charge in [-0.15, -0.1) is 0 Å². The molecule has 2 aromatic rings. The van der Waals surface area contributed by atoms with Crippen molar-refractivity contribution in [3.63, 3.8) is 0 Å². The molecule has 0 bridgehead atoms. The monoisotopic (exact) mass is 326 g/mol. The van der Waals surface area contributed by atoms with Crippen molar-refractivity contribution < 1.29 is 4.39 Å². The fourth-order valence-corrected chi connectivity index (χ4v) is 2.18. The van der Waals surface area contributed by atoms with Gasteiger partial charge in [-0.25, -0.2) is 4.39 Å². The van der Waals surface area contributed by atoms with Crippen LogP contribution in [0.5, 0.6) is 0 Å². The van der Waals surface area contributed by atoms with E-state index in [2.05, 4.69) is 15.7 Å². The third-order valence-corrected chi connectivity index (χ3v) is 3.34. The first kappa shape index (κ1) is 15.7. The van der Waals surface area contributed by atoms with Gasteiger partial charge >= 0.3 is 0 Å². The zero-order valence-electron chi connectivity index (χ0n) is 11.6. The number of aryl methyl sites for hydroxylation is 2. The highest BCUT2D eigenvalue weighted by molar-refractivity contribution is 7.80. The molecule has 1 aromatic carbocycles. The summed E-state index contributed by atoms with van der Waals surface area (Å²) in [6.07, 6.45) is 2.85. The topological polar surface area (TPSA) is 41.9 Å². The van der Waals surface area contributed by atoms with Crippen LogP contribution in [0.4, 0.5) is 10.1 Å². The molecule has 0 aliphatic carbocycles. The van der Waals surface area contributed by atoms with E-state index >= 15 is 0 Å². The van der Waals surface area contributed by atoms with Crippen molar-refractivity contribution in [1.29, 1.82) is 0 Å². The predicted octanol–water partition coefficient (Wildman–Crippen LogP) is 3.36. The number of benzene rings is 1. The highest BCUT2D eigenvalue weighted by Crippen LogP contribution is 2.19. The number of thiocarbonyl (C=S) groups is 1. The van der Waals surface area contributed by atoms with E-state index in [4.69, 9.17) is 23.8 Å². The van der Waals surface area contributed by atoms with Crippen LogP contribution < -0.4 is 10.6 Å². The molecular formula is C14H16ClFN4S. The van der Waals surface area contributed by atoms with Crippen LogP contribution >= 0.6 is 23.8 Å². The van der Waals surface area contributed by atoms with Crippen molar-refractivity contribution in [2.75, 3.05) is 11.9 Å². The molecule has 0 aliphatic heterocycles. The number of halogens is 2. The zero-order valence-corrected chi connectivity index (χ0v) is 13.1. The van der Waals surface area contributed by atoms with E-state index in [9.17, 15) is 4.39 Å². The summed E-state index contributed by atoms with van der Waals surface area (Å²) < 4.78 is 14.9. The summed E-state index contributed by atoms with van der Waals surface area (Å²) in [5.74, 6) is -0.449. The number of nitrogens with one attached hydrogen (secondary N) is 2. The molecule has 2 N–H and O–H groups in total. The average Bonchev–Trinajstić information content (AvgIpc) is 2.85. The minimum absolute atomic E-state index is 0.0665. The van der Waals surface area contributed by atoms with E-state index in [1.165, 1.54) is 12.1 Å². The van der Waals surface area contributed by atoms with Gasteiger partial charge in [0.25, 0.3) is 0 Å². The van der Waals surface area contributed by atoms with Crippen molar-refractivity contribution >= 4 is 34.6 Å². The van der Waals surface area contributed by atoms with Crippen molar-refractivity contribution in [2.24, 2.45) is 0 Å². The lowest BCUT2D eigenvalue weighted by Gasteiger charge is -2.11. The predicted molar refractivity (Wildman–Crippen MR) is 87.2 cm³/mol. The average molecular weight is 327 g/mol. The maximum absolute atomic E-state index is 13.0. The highest BCUT2D eigenvalue weighted by atomic mass is 35.5. The normalized spacial score (nSPS) is 10.4. The van der Waals surface area contributed by atoms with Crippen LogP contribution in [-0.4, -0.2) is 21.4 Å². The van der Waals surface area contributed by atoms with E-state index in [1.807, 2.05) is 23.9 Å². The lowest BCUT2D eigenvalue weighted by molar-refractivity contribution is 0.570. The van der Waals surface area contributed by atoms with Gasteiger partial charge in [0.2, 0.25) is 0 Å². The number of hydrogen-bond donors (Lipinski definition) is 2. The summed E-state index contributed by atoms with van der Waals surface area (Å²) in [6.45, 7) is 3.51. The van der Waals surface area contributed by atoms with Crippen molar-refractivity contribution in [3.8, 4) is 0 Å². The van der Waals surface area contributed by atoms with Gasteiger partial charge in [0.05, 0.1) is 10.7 Å². The molecule has 112 valence electrons. The fourth-order valence-electron chi connectivity index (χ4n) is 1.78. The zero-order chi connectivity index (χ0) is 15.2. The number of hydrogen-bond acceptors (Lipinski definition) is 2. The highest BCUT2D eigenvalue weighted by Gasteiger charge is 2.02. The van der Waals surface area contributed by atoms with Gasteiger partial charge in [-0.05, 0) is 49.8 Å². The molecule has 1 aromatic heterocycles. The summed E-state index contributed by atoms with van der Waals surface area (Å²) in [4.78, 5) is 0. The van der Waals surface area contributed by atoms with Crippen LogP contribution in [0.2, 0.25) is 5.02 Å². The fraction of sp³-hybridized carbons (Fsp3) is 0.286. The molecule has 0 fully saturated rings. The molecule has 0 spiro atoms. The molecule has 0 radical (unpaired) electrons.